The minimum atomic E-state index is -0.670. The van der Waals surface area contributed by atoms with Crippen LogP contribution in [0, 0.1) is 0 Å². The minimum Gasteiger partial charge on any atom is -0.466 e. The Morgan fingerprint density at radius 3 is 1.23 bits per heavy atom. The Bertz CT molecular complexity index is 1070. The van der Waals surface area contributed by atoms with Crippen molar-refractivity contribution < 1.29 is 24.5 Å². The van der Waals surface area contributed by atoms with Crippen LogP contribution in [0.4, 0.5) is 0 Å². The van der Waals surface area contributed by atoms with Gasteiger partial charge in [0.05, 0.1) is 25.4 Å². The number of amides is 1. The average Bonchev–Trinajstić information content (AvgIpc) is 3.32. The summed E-state index contributed by atoms with van der Waals surface area (Å²) in [7, 11) is 0. The summed E-state index contributed by atoms with van der Waals surface area (Å²) in [5, 5.41) is 23.3. The van der Waals surface area contributed by atoms with E-state index in [4.69, 9.17) is 4.74 Å². The standard InChI is InChI=1S/C60H113NO5/c1-3-5-7-9-11-13-15-17-18-25-29-32-36-40-44-48-52-58(63)57(56-62)61-59(64)53-49-45-41-37-33-30-26-23-21-19-20-22-24-27-31-35-39-43-47-51-55-66-60(65)54-50-46-42-38-34-28-16-14-12-10-8-6-4-2/h8,10,14,16,19,21,57-58,62-63H,3-7,9,11-13,15,17-18,20,22-56H2,1-2H3,(H,61,64)/b10-8-,16-14-,21-19-. The first-order valence-electron chi connectivity index (χ1n) is 29.2. The second-order valence-corrected chi connectivity index (χ2v) is 20.0. The summed E-state index contributed by atoms with van der Waals surface area (Å²) in [5.41, 5.74) is 0. The highest BCUT2D eigenvalue weighted by Crippen LogP contribution is 2.17. The molecule has 3 N–H and O–H groups in total. The monoisotopic (exact) mass is 928 g/mol. The van der Waals surface area contributed by atoms with Gasteiger partial charge in [0.15, 0.2) is 0 Å². The Labute approximate surface area is 411 Å². The van der Waals surface area contributed by atoms with Crippen LogP contribution in [-0.4, -0.2) is 47.4 Å². The summed E-state index contributed by atoms with van der Waals surface area (Å²) >= 11 is 0. The lowest BCUT2D eigenvalue weighted by molar-refractivity contribution is -0.143. The number of aliphatic hydroxyl groups excluding tert-OH is 2. The summed E-state index contributed by atoms with van der Waals surface area (Å²) < 4.78 is 5.46. The van der Waals surface area contributed by atoms with E-state index in [-0.39, 0.29) is 18.5 Å². The van der Waals surface area contributed by atoms with Crippen molar-refractivity contribution in [2.75, 3.05) is 13.2 Å². The van der Waals surface area contributed by atoms with Gasteiger partial charge < -0.3 is 20.3 Å². The van der Waals surface area contributed by atoms with Crippen LogP contribution < -0.4 is 5.32 Å². The fraction of sp³-hybridized carbons (Fsp3) is 0.867. The zero-order valence-corrected chi connectivity index (χ0v) is 44.2. The van der Waals surface area contributed by atoms with Gasteiger partial charge in [-0.3, -0.25) is 9.59 Å². The topological polar surface area (TPSA) is 95.9 Å². The van der Waals surface area contributed by atoms with Crippen LogP contribution >= 0.6 is 0 Å². The lowest BCUT2D eigenvalue weighted by Gasteiger charge is -2.22. The number of unbranched alkanes of at least 4 members (excludes halogenated alkanes) is 37. The number of hydrogen-bond acceptors (Lipinski definition) is 5. The van der Waals surface area contributed by atoms with Gasteiger partial charge in [0.1, 0.15) is 0 Å². The molecule has 0 aromatic rings. The molecule has 0 saturated carbocycles. The van der Waals surface area contributed by atoms with E-state index < -0.39 is 12.1 Å². The van der Waals surface area contributed by atoms with Gasteiger partial charge in [-0.25, -0.2) is 0 Å². The Morgan fingerprint density at radius 1 is 0.424 bits per heavy atom. The molecule has 0 aromatic carbocycles. The van der Waals surface area contributed by atoms with E-state index in [9.17, 15) is 19.8 Å². The van der Waals surface area contributed by atoms with Crippen LogP contribution in [0.25, 0.3) is 0 Å². The van der Waals surface area contributed by atoms with E-state index in [1.807, 2.05) is 0 Å². The highest BCUT2D eigenvalue weighted by Gasteiger charge is 2.20. The van der Waals surface area contributed by atoms with Gasteiger partial charge in [-0.2, -0.15) is 0 Å². The van der Waals surface area contributed by atoms with Gasteiger partial charge in [-0.15, -0.1) is 0 Å². The molecule has 0 bridgehead atoms. The smallest absolute Gasteiger partial charge is 0.305 e. The zero-order valence-electron chi connectivity index (χ0n) is 44.2. The number of carbonyl (C=O) groups is 2. The maximum atomic E-state index is 12.5. The highest BCUT2D eigenvalue weighted by atomic mass is 16.5. The van der Waals surface area contributed by atoms with Crippen molar-refractivity contribution in [3.8, 4) is 0 Å². The molecule has 6 heteroatoms. The van der Waals surface area contributed by atoms with Gasteiger partial charge in [0.25, 0.3) is 0 Å². The molecule has 0 spiro atoms. The molecule has 2 atom stereocenters. The largest absolute Gasteiger partial charge is 0.466 e. The SMILES string of the molecule is CCC/C=C\C/C=C\CCCCCCCC(=O)OCCCCCCCCCCC/C=C\CCCCCCCCCC(=O)NC(CO)C(O)CCCCCCCCCCCCCCCCCC. The molecule has 1 amide bonds. The van der Waals surface area contributed by atoms with Crippen molar-refractivity contribution in [3.05, 3.63) is 36.5 Å². The normalized spacial score (nSPS) is 12.8. The third-order valence-corrected chi connectivity index (χ3v) is 13.4. The minimum absolute atomic E-state index is 0.00922. The molecule has 0 rings (SSSR count). The Kier molecular flexibility index (Phi) is 54.1. The lowest BCUT2D eigenvalue weighted by Crippen LogP contribution is -2.45. The first-order chi connectivity index (χ1) is 32.5. The van der Waals surface area contributed by atoms with Crippen LogP contribution in [0.1, 0.15) is 309 Å². The molecule has 0 aliphatic carbocycles. The van der Waals surface area contributed by atoms with E-state index >= 15 is 0 Å². The van der Waals surface area contributed by atoms with Crippen molar-refractivity contribution in [1.29, 1.82) is 0 Å². The molecule has 0 saturated heterocycles. The molecule has 66 heavy (non-hydrogen) atoms. The first-order valence-corrected chi connectivity index (χ1v) is 29.2. The van der Waals surface area contributed by atoms with Gasteiger partial charge in [-0.05, 0) is 77.0 Å². The third kappa shape index (κ3) is 51.5. The van der Waals surface area contributed by atoms with Crippen LogP contribution in [0.3, 0.4) is 0 Å². The number of esters is 1. The van der Waals surface area contributed by atoms with Crippen molar-refractivity contribution in [1.82, 2.24) is 5.32 Å². The Hall–Kier alpha value is -1.92. The van der Waals surface area contributed by atoms with E-state index in [0.29, 0.717) is 25.9 Å². The summed E-state index contributed by atoms with van der Waals surface area (Å²) in [6.45, 7) is 4.88. The number of allylic oxidation sites excluding steroid dienone is 6. The van der Waals surface area contributed by atoms with E-state index in [2.05, 4.69) is 55.6 Å². The second-order valence-electron chi connectivity index (χ2n) is 20.0. The summed E-state index contributed by atoms with van der Waals surface area (Å²) in [6, 6.07) is -0.548. The number of carbonyl (C=O) groups excluding carboxylic acids is 2. The molecule has 0 fully saturated rings. The predicted octanol–water partition coefficient (Wildman–Crippen LogP) is 18.0. The summed E-state index contributed by atoms with van der Waals surface area (Å²) in [4.78, 5) is 24.5. The summed E-state index contributed by atoms with van der Waals surface area (Å²) in [5.74, 6) is -0.0520. The molecule has 0 radical (unpaired) electrons. The van der Waals surface area contributed by atoms with E-state index in [1.165, 1.54) is 225 Å². The zero-order chi connectivity index (χ0) is 47.9. The Morgan fingerprint density at radius 2 is 0.788 bits per heavy atom. The van der Waals surface area contributed by atoms with E-state index in [1.54, 1.807) is 0 Å². The van der Waals surface area contributed by atoms with Crippen LogP contribution in [0.15, 0.2) is 36.5 Å². The number of nitrogens with one attached hydrogen (secondary N) is 1. The van der Waals surface area contributed by atoms with Gasteiger partial charge in [-0.1, -0.05) is 256 Å². The lowest BCUT2D eigenvalue weighted by atomic mass is 10.0. The van der Waals surface area contributed by atoms with Crippen molar-refractivity contribution in [2.45, 2.75) is 321 Å². The van der Waals surface area contributed by atoms with Gasteiger partial charge in [0, 0.05) is 12.8 Å². The fourth-order valence-corrected chi connectivity index (χ4v) is 8.91. The van der Waals surface area contributed by atoms with E-state index in [0.717, 1.165) is 51.4 Å². The number of aliphatic hydroxyl groups is 2. The maximum Gasteiger partial charge on any atom is 0.305 e. The third-order valence-electron chi connectivity index (χ3n) is 13.4. The molecule has 388 valence electrons. The molecule has 0 aliphatic rings. The molecule has 0 heterocycles. The maximum absolute atomic E-state index is 12.5. The molecule has 0 aliphatic heterocycles. The Balaban J connectivity index is 3.44. The van der Waals surface area contributed by atoms with Crippen LogP contribution in [-0.2, 0) is 14.3 Å². The van der Waals surface area contributed by atoms with Gasteiger partial charge >= 0.3 is 5.97 Å². The second kappa shape index (κ2) is 55.7. The number of ether oxygens (including phenoxy) is 1. The predicted molar refractivity (Wildman–Crippen MR) is 287 cm³/mol. The molecular formula is C60H113NO5. The van der Waals surface area contributed by atoms with Crippen molar-refractivity contribution in [2.24, 2.45) is 0 Å². The average molecular weight is 929 g/mol. The molecule has 6 nitrogen and oxygen atoms in total. The number of hydrogen-bond donors (Lipinski definition) is 3. The molecule has 2 unspecified atom stereocenters. The van der Waals surface area contributed by atoms with Crippen molar-refractivity contribution in [3.63, 3.8) is 0 Å². The number of rotatable bonds is 54. The first kappa shape index (κ1) is 64.1. The summed E-state index contributed by atoms with van der Waals surface area (Å²) in [6.07, 6.45) is 68.5. The molecule has 0 aromatic heterocycles. The quantitative estimate of drug-likeness (QED) is 0.0321. The van der Waals surface area contributed by atoms with Crippen LogP contribution in [0.5, 0.6) is 0 Å². The fourth-order valence-electron chi connectivity index (χ4n) is 8.91. The van der Waals surface area contributed by atoms with Crippen molar-refractivity contribution >= 4 is 11.9 Å². The molecular weight excluding hydrogens is 815 g/mol. The van der Waals surface area contributed by atoms with Gasteiger partial charge in [0.2, 0.25) is 5.91 Å². The van der Waals surface area contributed by atoms with Crippen LogP contribution in [0.2, 0.25) is 0 Å². The highest BCUT2D eigenvalue weighted by molar-refractivity contribution is 5.76.